The highest BCUT2D eigenvalue weighted by Gasteiger charge is 2.43. The van der Waals surface area contributed by atoms with Crippen LogP contribution in [0.3, 0.4) is 0 Å². The summed E-state index contributed by atoms with van der Waals surface area (Å²) < 4.78 is 5.08. The molecule has 16 heavy (non-hydrogen) atoms. The monoisotopic (exact) mass is 226 g/mol. The summed E-state index contributed by atoms with van der Waals surface area (Å²) >= 11 is 0. The predicted molar refractivity (Wildman–Crippen MR) is 66.1 cm³/mol. The van der Waals surface area contributed by atoms with Crippen LogP contribution in [0, 0.1) is 23.7 Å². The van der Waals surface area contributed by atoms with Gasteiger partial charge in [0.1, 0.15) is 0 Å². The van der Waals surface area contributed by atoms with E-state index in [0.29, 0.717) is 12.5 Å². The Balaban J connectivity index is 2.33. The second-order valence-corrected chi connectivity index (χ2v) is 5.13. The lowest BCUT2D eigenvalue weighted by Gasteiger charge is -2.42. The molecule has 0 heterocycles. The molecule has 0 amide bonds. The minimum atomic E-state index is 0.0239. The first-order chi connectivity index (χ1) is 7.63. The van der Waals surface area contributed by atoms with Gasteiger partial charge in [0.15, 0.2) is 0 Å². The van der Waals surface area contributed by atoms with E-state index in [1.807, 2.05) is 6.92 Å². The Labute approximate surface area is 99.8 Å². The fraction of sp³-hybridized carbons (Fsp3) is 0.929. The number of rotatable bonds is 6. The van der Waals surface area contributed by atoms with E-state index in [1.165, 1.54) is 19.3 Å². The fourth-order valence-electron chi connectivity index (χ4n) is 2.81. The topological polar surface area (TPSA) is 26.3 Å². The highest BCUT2D eigenvalue weighted by Crippen LogP contribution is 2.45. The molecule has 0 bridgehead atoms. The highest BCUT2D eigenvalue weighted by molar-refractivity contribution is 5.73. The molecule has 1 saturated carbocycles. The Bertz CT molecular complexity index is 221. The molecule has 1 aliphatic carbocycles. The Morgan fingerprint density at radius 2 is 1.94 bits per heavy atom. The van der Waals surface area contributed by atoms with Gasteiger partial charge in [-0.2, -0.15) is 0 Å². The molecule has 0 aromatic carbocycles. The van der Waals surface area contributed by atoms with Crippen LogP contribution in [0.15, 0.2) is 0 Å². The van der Waals surface area contributed by atoms with Gasteiger partial charge in [-0.1, -0.05) is 33.6 Å². The number of esters is 1. The van der Waals surface area contributed by atoms with Crippen LogP contribution in [-0.4, -0.2) is 12.6 Å². The molecule has 2 unspecified atom stereocenters. The minimum absolute atomic E-state index is 0.0239. The summed E-state index contributed by atoms with van der Waals surface area (Å²) in [7, 11) is 0. The van der Waals surface area contributed by atoms with E-state index in [2.05, 4.69) is 20.8 Å². The molecule has 0 aromatic rings. The Morgan fingerprint density at radius 3 is 2.38 bits per heavy atom. The van der Waals surface area contributed by atoms with Crippen LogP contribution in [0.5, 0.6) is 0 Å². The number of ether oxygens (including phenoxy) is 1. The van der Waals surface area contributed by atoms with Crippen LogP contribution < -0.4 is 0 Å². The average Bonchev–Trinajstić information content (AvgIpc) is 2.28. The van der Waals surface area contributed by atoms with Crippen molar-refractivity contribution in [2.75, 3.05) is 6.61 Å². The van der Waals surface area contributed by atoms with Gasteiger partial charge < -0.3 is 4.74 Å². The molecule has 2 heteroatoms. The van der Waals surface area contributed by atoms with Crippen molar-refractivity contribution in [2.24, 2.45) is 23.7 Å². The quantitative estimate of drug-likeness (QED) is 0.646. The maximum absolute atomic E-state index is 11.6. The first kappa shape index (κ1) is 13.5. The molecule has 0 radical (unpaired) electrons. The summed E-state index contributed by atoms with van der Waals surface area (Å²) in [5.74, 6) is 2.32. The van der Waals surface area contributed by atoms with Crippen LogP contribution in [0.1, 0.15) is 53.4 Å². The molecular weight excluding hydrogens is 200 g/mol. The second kappa shape index (κ2) is 6.27. The molecule has 0 aliphatic heterocycles. The van der Waals surface area contributed by atoms with Crippen LogP contribution in [0.25, 0.3) is 0 Å². The molecule has 3 atom stereocenters. The van der Waals surface area contributed by atoms with Crippen molar-refractivity contribution >= 4 is 5.97 Å². The van der Waals surface area contributed by atoms with Crippen LogP contribution >= 0.6 is 0 Å². The fourth-order valence-corrected chi connectivity index (χ4v) is 2.81. The predicted octanol–water partition coefficient (Wildman–Crippen LogP) is 3.65. The lowest BCUT2D eigenvalue weighted by molar-refractivity contribution is -0.157. The van der Waals surface area contributed by atoms with Crippen LogP contribution in [-0.2, 0) is 9.53 Å². The molecule has 94 valence electrons. The van der Waals surface area contributed by atoms with E-state index in [0.717, 1.165) is 18.3 Å². The van der Waals surface area contributed by atoms with Crippen LogP contribution in [0.4, 0.5) is 0 Å². The summed E-state index contributed by atoms with van der Waals surface area (Å²) in [5.41, 5.74) is 0. The Hall–Kier alpha value is -0.530. The average molecular weight is 226 g/mol. The second-order valence-electron chi connectivity index (χ2n) is 5.13. The molecule has 1 fully saturated rings. The van der Waals surface area contributed by atoms with Gasteiger partial charge in [0.25, 0.3) is 0 Å². The molecule has 2 nitrogen and oxygen atoms in total. The SMILES string of the molecule is CCOC(=O)C1C[C@H](CC(CC)CC)C1C. The maximum atomic E-state index is 11.6. The number of carbonyl (C=O) groups excluding carboxylic acids is 1. The zero-order valence-corrected chi connectivity index (χ0v) is 11.2. The van der Waals surface area contributed by atoms with E-state index in [1.54, 1.807) is 0 Å². The molecular formula is C14H26O2. The summed E-state index contributed by atoms with van der Waals surface area (Å²) in [4.78, 5) is 11.6. The maximum Gasteiger partial charge on any atom is 0.309 e. The van der Waals surface area contributed by atoms with Crippen molar-refractivity contribution in [3.05, 3.63) is 0 Å². The summed E-state index contributed by atoms with van der Waals surface area (Å²) in [6.07, 6.45) is 4.88. The molecule has 0 aromatic heterocycles. The zero-order valence-electron chi connectivity index (χ0n) is 11.2. The summed E-state index contributed by atoms with van der Waals surface area (Å²) in [5, 5.41) is 0. The number of carbonyl (C=O) groups is 1. The van der Waals surface area contributed by atoms with Gasteiger partial charge >= 0.3 is 5.97 Å². The van der Waals surface area contributed by atoms with Crippen molar-refractivity contribution in [2.45, 2.75) is 53.4 Å². The van der Waals surface area contributed by atoms with Gasteiger partial charge in [-0.15, -0.1) is 0 Å². The van der Waals surface area contributed by atoms with E-state index < -0.39 is 0 Å². The Kier molecular flexibility index (Phi) is 5.30. The molecule has 0 saturated heterocycles. The third-order valence-electron chi connectivity index (χ3n) is 4.32. The summed E-state index contributed by atoms with van der Waals surface area (Å²) in [6, 6.07) is 0. The number of hydrogen-bond donors (Lipinski definition) is 0. The minimum Gasteiger partial charge on any atom is -0.466 e. The van der Waals surface area contributed by atoms with E-state index in [4.69, 9.17) is 4.74 Å². The summed E-state index contributed by atoms with van der Waals surface area (Å²) in [6.45, 7) is 9.13. The van der Waals surface area contributed by atoms with Gasteiger partial charge in [-0.05, 0) is 37.5 Å². The molecule has 0 N–H and O–H groups in total. The first-order valence-corrected chi connectivity index (χ1v) is 6.80. The van der Waals surface area contributed by atoms with E-state index in [-0.39, 0.29) is 11.9 Å². The number of hydrogen-bond acceptors (Lipinski definition) is 2. The van der Waals surface area contributed by atoms with E-state index >= 15 is 0 Å². The normalized spacial score (nSPS) is 28.9. The lowest BCUT2D eigenvalue weighted by atomic mass is 9.62. The lowest BCUT2D eigenvalue weighted by Crippen LogP contribution is -2.41. The smallest absolute Gasteiger partial charge is 0.309 e. The highest BCUT2D eigenvalue weighted by atomic mass is 16.5. The molecule has 0 spiro atoms. The van der Waals surface area contributed by atoms with Crippen molar-refractivity contribution in [1.29, 1.82) is 0 Å². The van der Waals surface area contributed by atoms with Crippen molar-refractivity contribution in [3.63, 3.8) is 0 Å². The largest absolute Gasteiger partial charge is 0.466 e. The third kappa shape index (κ3) is 2.99. The van der Waals surface area contributed by atoms with Crippen LogP contribution in [0.2, 0.25) is 0 Å². The van der Waals surface area contributed by atoms with Crippen molar-refractivity contribution in [1.82, 2.24) is 0 Å². The van der Waals surface area contributed by atoms with Gasteiger partial charge in [0.05, 0.1) is 12.5 Å². The standard InChI is InChI=1S/C14H26O2/c1-5-11(6-2)8-12-9-13(10(12)4)14(15)16-7-3/h10-13H,5-9H2,1-4H3/t10?,12-,13?/m0/s1. The zero-order chi connectivity index (χ0) is 12.1. The van der Waals surface area contributed by atoms with E-state index in [9.17, 15) is 4.79 Å². The van der Waals surface area contributed by atoms with Crippen molar-refractivity contribution < 1.29 is 9.53 Å². The van der Waals surface area contributed by atoms with Gasteiger partial charge in [-0.3, -0.25) is 4.79 Å². The third-order valence-corrected chi connectivity index (χ3v) is 4.32. The molecule has 1 rings (SSSR count). The van der Waals surface area contributed by atoms with Gasteiger partial charge in [-0.25, -0.2) is 0 Å². The van der Waals surface area contributed by atoms with Crippen molar-refractivity contribution in [3.8, 4) is 0 Å². The van der Waals surface area contributed by atoms with Gasteiger partial charge in [0, 0.05) is 0 Å². The molecule has 1 aliphatic rings. The first-order valence-electron chi connectivity index (χ1n) is 6.80. The van der Waals surface area contributed by atoms with Gasteiger partial charge in [0.2, 0.25) is 0 Å². The Morgan fingerprint density at radius 1 is 1.31 bits per heavy atom.